The number of rotatable bonds is 4. The van der Waals surface area contributed by atoms with Crippen molar-refractivity contribution in [2.24, 2.45) is 0 Å². The molecule has 1 heterocycles. The smallest absolute Gasteiger partial charge is 0.339 e. The summed E-state index contributed by atoms with van der Waals surface area (Å²) in [5, 5.41) is 3.68. The van der Waals surface area contributed by atoms with Gasteiger partial charge in [0.2, 0.25) is 0 Å². The zero-order valence-electron chi connectivity index (χ0n) is 16.2. The Kier molecular flexibility index (Phi) is 5.29. The van der Waals surface area contributed by atoms with Crippen LogP contribution >= 0.6 is 0 Å². The molecule has 1 aliphatic heterocycles. The Balaban J connectivity index is 1.61. The minimum atomic E-state index is -0.439. The van der Waals surface area contributed by atoms with Crippen molar-refractivity contribution in [1.29, 1.82) is 0 Å². The molecule has 0 unspecified atom stereocenters. The van der Waals surface area contributed by atoms with Gasteiger partial charge >= 0.3 is 5.97 Å². The first-order valence-electron chi connectivity index (χ1n) is 10.1. The highest BCUT2D eigenvalue weighted by Crippen LogP contribution is 2.29. The van der Waals surface area contributed by atoms with Crippen molar-refractivity contribution in [2.75, 3.05) is 13.2 Å². The van der Waals surface area contributed by atoms with Crippen LogP contribution in [0.2, 0.25) is 0 Å². The molecule has 1 fully saturated rings. The zero-order valence-corrected chi connectivity index (χ0v) is 16.2. The topological polar surface area (TPSA) is 46.6 Å². The van der Waals surface area contributed by atoms with Crippen molar-refractivity contribution in [3.8, 4) is 0 Å². The molecular weight excluding hydrogens is 350 g/mol. The van der Waals surface area contributed by atoms with Gasteiger partial charge in [-0.25, -0.2) is 4.79 Å². The molecule has 4 heteroatoms. The molecule has 0 aromatic heterocycles. The molecule has 0 spiro atoms. The molecule has 0 N–H and O–H groups in total. The molecule has 0 bridgehead atoms. The number of carbonyl (C=O) groups excluding carboxylic acids is 2. The van der Waals surface area contributed by atoms with E-state index in [1.165, 1.54) is 0 Å². The van der Waals surface area contributed by atoms with E-state index in [0.29, 0.717) is 5.56 Å². The van der Waals surface area contributed by atoms with Gasteiger partial charge < -0.3 is 9.64 Å². The summed E-state index contributed by atoms with van der Waals surface area (Å²) >= 11 is 0. The van der Waals surface area contributed by atoms with E-state index in [2.05, 4.69) is 13.0 Å². The van der Waals surface area contributed by atoms with Crippen molar-refractivity contribution < 1.29 is 14.3 Å². The van der Waals surface area contributed by atoms with Crippen molar-refractivity contribution in [2.45, 2.75) is 38.6 Å². The molecular formula is C24H25NO3. The Morgan fingerprint density at radius 3 is 2.29 bits per heavy atom. The number of carbonyl (C=O) groups is 2. The average Bonchev–Trinajstić information content (AvgIpc) is 2.75. The zero-order chi connectivity index (χ0) is 19.5. The number of hydrogen-bond acceptors (Lipinski definition) is 3. The SMILES string of the molecule is CC[C@@H]1CCCCN1C(=O)COC(=O)c1c2ccccc2cc2ccccc12. The predicted octanol–water partition coefficient (Wildman–Crippen LogP) is 4.94. The maximum Gasteiger partial charge on any atom is 0.339 e. The van der Waals surface area contributed by atoms with Crippen molar-refractivity contribution >= 4 is 33.4 Å². The van der Waals surface area contributed by atoms with E-state index in [9.17, 15) is 9.59 Å². The molecule has 144 valence electrons. The van der Waals surface area contributed by atoms with Crippen molar-refractivity contribution in [1.82, 2.24) is 4.90 Å². The first-order chi connectivity index (χ1) is 13.7. The quantitative estimate of drug-likeness (QED) is 0.479. The van der Waals surface area contributed by atoms with Gasteiger partial charge in [-0.1, -0.05) is 55.5 Å². The fraction of sp³-hybridized carbons (Fsp3) is 0.333. The summed E-state index contributed by atoms with van der Waals surface area (Å²) in [5.41, 5.74) is 0.534. The summed E-state index contributed by atoms with van der Waals surface area (Å²) < 4.78 is 5.52. The van der Waals surface area contributed by atoms with E-state index in [1.54, 1.807) is 0 Å². The van der Waals surface area contributed by atoms with Crippen LogP contribution in [0.1, 0.15) is 43.0 Å². The highest BCUT2D eigenvalue weighted by molar-refractivity contribution is 6.16. The van der Waals surface area contributed by atoms with E-state index in [0.717, 1.165) is 53.8 Å². The Bertz CT molecular complexity index is 973. The summed E-state index contributed by atoms with van der Waals surface area (Å²) in [7, 11) is 0. The summed E-state index contributed by atoms with van der Waals surface area (Å²) in [6.45, 7) is 2.66. The number of esters is 1. The van der Waals surface area contributed by atoms with Gasteiger partial charge in [0.15, 0.2) is 6.61 Å². The highest BCUT2D eigenvalue weighted by atomic mass is 16.5. The van der Waals surface area contributed by atoms with Crippen LogP contribution in [-0.4, -0.2) is 36.0 Å². The van der Waals surface area contributed by atoms with Crippen molar-refractivity contribution in [3.63, 3.8) is 0 Å². The number of ether oxygens (including phenoxy) is 1. The number of piperidine rings is 1. The Morgan fingerprint density at radius 2 is 1.64 bits per heavy atom. The largest absolute Gasteiger partial charge is 0.452 e. The maximum atomic E-state index is 13.0. The molecule has 1 atom stereocenters. The van der Waals surface area contributed by atoms with Crippen LogP contribution in [0, 0.1) is 0 Å². The standard InChI is InChI=1S/C24H25NO3/c1-2-19-11-7-8-14-25(19)22(26)16-28-24(27)23-20-12-5-3-9-17(20)15-18-10-4-6-13-21(18)23/h3-6,9-10,12-13,15,19H,2,7-8,11,14,16H2,1H3/t19-/m1/s1. The Morgan fingerprint density at radius 1 is 1.00 bits per heavy atom. The van der Waals surface area contributed by atoms with Crippen LogP contribution in [-0.2, 0) is 9.53 Å². The first kappa shape index (κ1) is 18.5. The van der Waals surface area contributed by atoms with Crippen LogP contribution in [0.3, 0.4) is 0 Å². The summed E-state index contributed by atoms with van der Waals surface area (Å²) in [6, 6.07) is 17.9. The molecule has 1 saturated heterocycles. The van der Waals surface area contributed by atoms with Crippen LogP contribution in [0.15, 0.2) is 54.6 Å². The lowest BCUT2D eigenvalue weighted by molar-refractivity contribution is -0.138. The molecule has 0 aliphatic carbocycles. The van der Waals surface area contributed by atoms with E-state index >= 15 is 0 Å². The second-order valence-electron chi connectivity index (χ2n) is 7.41. The maximum absolute atomic E-state index is 13.0. The number of fused-ring (bicyclic) bond motifs is 2. The van der Waals surface area contributed by atoms with Gasteiger partial charge in [-0.3, -0.25) is 4.79 Å². The lowest BCUT2D eigenvalue weighted by atomic mass is 9.97. The molecule has 28 heavy (non-hydrogen) atoms. The van der Waals surface area contributed by atoms with Crippen LogP contribution < -0.4 is 0 Å². The van der Waals surface area contributed by atoms with Gasteiger partial charge in [0, 0.05) is 12.6 Å². The summed E-state index contributed by atoms with van der Waals surface area (Å²) in [6.07, 6.45) is 4.14. The third-order valence-electron chi connectivity index (χ3n) is 5.72. The molecule has 0 radical (unpaired) electrons. The monoisotopic (exact) mass is 375 g/mol. The van der Waals surface area contributed by atoms with Gasteiger partial charge in [0.1, 0.15) is 0 Å². The van der Waals surface area contributed by atoms with Gasteiger partial charge in [-0.2, -0.15) is 0 Å². The van der Waals surface area contributed by atoms with Crippen LogP contribution in [0.25, 0.3) is 21.5 Å². The summed E-state index contributed by atoms with van der Waals surface area (Å²) in [5.74, 6) is -0.532. The van der Waals surface area contributed by atoms with Crippen molar-refractivity contribution in [3.05, 3.63) is 60.2 Å². The van der Waals surface area contributed by atoms with Crippen LogP contribution in [0.5, 0.6) is 0 Å². The second-order valence-corrected chi connectivity index (χ2v) is 7.41. The third kappa shape index (κ3) is 3.47. The highest BCUT2D eigenvalue weighted by Gasteiger charge is 2.26. The lowest BCUT2D eigenvalue weighted by Gasteiger charge is -2.35. The molecule has 3 aromatic carbocycles. The summed E-state index contributed by atoms with van der Waals surface area (Å²) in [4.78, 5) is 27.6. The molecule has 0 saturated carbocycles. The molecule has 1 aliphatic rings. The Labute approximate surface area is 165 Å². The number of nitrogens with zero attached hydrogens (tertiary/aromatic N) is 1. The minimum absolute atomic E-state index is 0.0931. The fourth-order valence-electron chi connectivity index (χ4n) is 4.27. The minimum Gasteiger partial charge on any atom is -0.452 e. The first-order valence-corrected chi connectivity index (χ1v) is 10.1. The van der Waals surface area contributed by atoms with Gasteiger partial charge in [0.25, 0.3) is 5.91 Å². The molecule has 1 amide bonds. The van der Waals surface area contributed by atoms with E-state index < -0.39 is 5.97 Å². The van der Waals surface area contributed by atoms with E-state index in [1.807, 2.05) is 53.4 Å². The van der Waals surface area contributed by atoms with E-state index in [4.69, 9.17) is 4.74 Å². The van der Waals surface area contributed by atoms with E-state index in [-0.39, 0.29) is 18.6 Å². The average molecular weight is 375 g/mol. The normalized spacial score (nSPS) is 17.0. The lowest BCUT2D eigenvalue weighted by Crippen LogP contribution is -2.45. The Hall–Kier alpha value is -2.88. The third-order valence-corrected chi connectivity index (χ3v) is 5.72. The van der Waals surface area contributed by atoms with Gasteiger partial charge in [0.05, 0.1) is 5.56 Å². The fourth-order valence-corrected chi connectivity index (χ4v) is 4.27. The van der Waals surface area contributed by atoms with Crippen LogP contribution in [0.4, 0.5) is 0 Å². The molecule has 3 aromatic rings. The number of amides is 1. The number of hydrogen-bond donors (Lipinski definition) is 0. The van der Waals surface area contributed by atoms with Gasteiger partial charge in [-0.15, -0.1) is 0 Å². The second kappa shape index (κ2) is 8.01. The van der Waals surface area contributed by atoms with Gasteiger partial charge in [-0.05, 0) is 53.3 Å². The molecule has 4 nitrogen and oxygen atoms in total. The predicted molar refractivity (Wildman–Crippen MR) is 111 cm³/mol. The molecule has 4 rings (SSSR count). The number of likely N-dealkylation sites (tertiary alicyclic amines) is 1. The number of benzene rings is 3.